The molecular formula is C13H8ClIN2. The number of halogens is 2. The Morgan fingerprint density at radius 3 is 2.65 bits per heavy atom. The normalized spacial score (nSPS) is 10.9. The van der Waals surface area contributed by atoms with Crippen LogP contribution in [0.2, 0.25) is 5.02 Å². The molecular weight excluding hydrogens is 347 g/mol. The Kier molecular flexibility index (Phi) is 2.80. The summed E-state index contributed by atoms with van der Waals surface area (Å²) in [5.74, 6) is 0. The summed E-state index contributed by atoms with van der Waals surface area (Å²) in [6.07, 6.45) is 3.84. The van der Waals surface area contributed by atoms with E-state index in [1.807, 2.05) is 36.7 Å². The van der Waals surface area contributed by atoms with Gasteiger partial charge in [0.05, 0.1) is 0 Å². The minimum atomic E-state index is 0.749. The molecule has 3 aromatic rings. The second-order valence-electron chi connectivity index (χ2n) is 3.76. The molecule has 0 amide bonds. The molecule has 2 aromatic heterocycles. The predicted octanol–water partition coefficient (Wildman–Crippen LogP) is 4.49. The third kappa shape index (κ3) is 2.05. The number of H-pyrrole nitrogens is 1. The molecule has 0 aliphatic heterocycles. The van der Waals surface area contributed by atoms with Crippen LogP contribution in [0.25, 0.3) is 22.2 Å². The van der Waals surface area contributed by atoms with Gasteiger partial charge in [0.15, 0.2) is 0 Å². The Labute approximate surface area is 117 Å². The topological polar surface area (TPSA) is 28.7 Å². The highest BCUT2D eigenvalue weighted by Crippen LogP contribution is 2.26. The summed E-state index contributed by atoms with van der Waals surface area (Å²) in [5, 5.41) is 1.90. The Morgan fingerprint density at radius 2 is 1.88 bits per heavy atom. The van der Waals surface area contributed by atoms with E-state index >= 15 is 0 Å². The first kappa shape index (κ1) is 11.0. The summed E-state index contributed by atoms with van der Waals surface area (Å²) in [4.78, 5) is 7.54. The van der Waals surface area contributed by atoms with Gasteiger partial charge in [-0.2, -0.15) is 0 Å². The fraction of sp³-hybridized carbons (Fsp3) is 0. The van der Waals surface area contributed by atoms with E-state index in [1.54, 1.807) is 0 Å². The third-order valence-corrected chi connectivity index (χ3v) is 3.80. The monoisotopic (exact) mass is 354 g/mol. The zero-order valence-corrected chi connectivity index (χ0v) is 11.7. The van der Waals surface area contributed by atoms with Crippen molar-refractivity contribution in [2.24, 2.45) is 0 Å². The fourth-order valence-corrected chi connectivity index (χ4v) is 2.46. The highest BCUT2D eigenvalue weighted by atomic mass is 127. The van der Waals surface area contributed by atoms with Gasteiger partial charge < -0.3 is 4.98 Å². The van der Waals surface area contributed by atoms with E-state index in [1.165, 1.54) is 3.57 Å². The van der Waals surface area contributed by atoms with E-state index in [9.17, 15) is 0 Å². The zero-order chi connectivity index (χ0) is 11.8. The maximum atomic E-state index is 5.88. The van der Waals surface area contributed by atoms with Crippen LogP contribution in [0, 0.1) is 3.57 Å². The second-order valence-corrected chi connectivity index (χ2v) is 5.36. The fourth-order valence-electron chi connectivity index (χ4n) is 1.77. The number of nitrogens with one attached hydrogen (secondary N) is 1. The van der Waals surface area contributed by atoms with Crippen LogP contribution >= 0.6 is 34.2 Å². The minimum Gasteiger partial charge on any atom is -0.345 e. The summed E-state index contributed by atoms with van der Waals surface area (Å²) in [6, 6.07) is 9.94. The molecule has 0 radical (unpaired) electrons. The molecule has 1 aromatic carbocycles. The van der Waals surface area contributed by atoms with Gasteiger partial charge in [-0.05, 0) is 46.4 Å². The summed E-state index contributed by atoms with van der Waals surface area (Å²) in [7, 11) is 0. The predicted molar refractivity (Wildman–Crippen MR) is 79.3 cm³/mol. The van der Waals surface area contributed by atoms with Crippen LogP contribution in [0.4, 0.5) is 0 Å². The smallest absolute Gasteiger partial charge is 0.138 e. The van der Waals surface area contributed by atoms with Crippen molar-refractivity contribution >= 4 is 45.2 Å². The van der Waals surface area contributed by atoms with E-state index in [0.717, 1.165) is 27.2 Å². The SMILES string of the molecule is Clc1ccc(-c2cnc3[nH]cc(I)c3c2)cc1. The minimum absolute atomic E-state index is 0.749. The lowest BCUT2D eigenvalue weighted by atomic mass is 10.1. The maximum absolute atomic E-state index is 5.88. The summed E-state index contributed by atoms with van der Waals surface area (Å²) in [6.45, 7) is 0. The molecule has 4 heteroatoms. The molecule has 0 saturated carbocycles. The number of fused-ring (bicyclic) bond motifs is 1. The summed E-state index contributed by atoms with van der Waals surface area (Å²) in [5.41, 5.74) is 3.15. The lowest BCUT2D eigenvalue weighted by Gasteiger charge is -2.01. The van der Waals surface area contributed by atoms with Crippen molar-refractivity contribution < 1.29 is 0 Å². The first-order valence-corrected chi connectivity index (χ1v) is 6.58. The Morgan fingerprint density at radius 1 is 1.12 bits per heavy atom. The van der Waals surface area contributed by atoms with Gasteiger partial charge in [-0.15, -0.1) is 0 Å². The van der Waals surface area contributed by atoms with E-state index in [-0.39, 0.29) is 0 Å². The van der Waals surface area contributed by atoms with Crippen LogP contribution in [0.5, 0.6) is 0 Å². The molecule has 2 heterocycles. The van der Waals surface area contributed by atoms with E-state index in [4.69, 9.17) is 11.6 Å². The van der Waals surface area contributed by atoms with Crippen molar-refractivity contribution in [1.29, 1.82) is 0 Å². The quantitative estimate of drug-likeness (QED) is 0.641. The van der Waals surface area contributed by atoms with Gasteiger partial charge in [0, 0.05) is 31.9 Å². The molecule has 0 unspecified atom stereocenters. The molecule has 0 aliphatic carbocycles. The first-order chi connectivity index (χ1) is 8.24. The van der Waals surface area contributed by atoms with Crippen LogP contribution in [-0.2, 0) is 0 Å². The van der Waals surface area contributed by atoms with Crippen molar-refractivity contribution in [1.82, 2.24) is 9.97 Å². The van der Waals surface area contributed by atoms with Crippen molar-refractivity contribution in [2.75, 3.05) is 0 Å². The summed E-state index contributed by atoms with van der Waals surface area (Å²) < 4.78 is 1.18. The van der Waals surface area contributed by atoms with Gasteiger partial charge >= 0.3 is 0 Å². The highest BCUT2D eigenvalue weighted by Gasteiger charge is 2.04. The molecule has 0 spiro atoms. The number of nitrogens with zero attached hydrogens (tertiary/aromatic N) is 1. The molecule has 2 nitrogen and oxygen atoms in total. The van der Waals surface area contributed by atoms with E-state index in [2.05, 4.69) is 38.6 Å². The van der Waals surface area contributed by atoms with Gasteiger partial charge in [-0.25, -0.2) is 4.98 Å². The van der Waals surface area contributed by atoms with Gasteiger partial charge in [-0.3, -0.25) is 0 Å². The number of hydrogen-bond acceptors (Lipinski definition) is 1. The third-order valence-electron chi connectivity index (χ3n) is 2.66. The van der Waals surface area contributed by atoms with Gasteiger partial charge in [-0.1, -0.05) is 23.7 Å². The molecule has 3 rings (SSSR count). The van der Waals surface area contributed by atoms with Gasteiger partial charge in [0.25, 0.3) is 0 Å². The molecule has 0 aliphatic rings. The average Bonchev–Trinajstić information content (AvgIpc) is 2.72. The molecule has 0 saturated heterocycles. The highest BCUT2D eigenvalue weighted by molar-refractivity contribution is 14.1. The lowest BCUT2D eigenvalue weighted by molar-refractivity contribution is 1.32. The molecule has 0 fully saturated rings. The van der Waals surface area contributed by atoms with Gasteiger partial charge in [0.2, 0.25) is 0 Å². The second kappa shape index (κ2) is 4.31. The number of rotatable bonds is 1. The Bertz CT molecular complexity index is 673. The molecule has 1 N–H and O–H groups in total. The Balaban J connectivity index is 2.17. The first-order valence-electron chi connectivity index (χ1n) is 5.12. The molecule has 84 valence electrons. The number of hydrogen-bond donors (Lipinski definition) is 1. The molecule has 0 atom stereocenters. The van der Waals surface area contributed by atoms with E-state index in [0.29, 0.717) is 0 Å². The Hall–Kier alpha value is -1.07. The summed E-state index contributed by atoms with van der Waals surface area (Å²) >= 11 is 8.18. The van der Waals surface area contributed by atoms with Crippen molar-refractivity contribution in [3.05, 3.63) is 51.3 Å². The lowest BCUT2D eigenvalue weighted by Crippen LogP contribution is -1.81. The number of aromatic amines is 1. The zero-order valence-electron chi connectivity index (χ0n) is 8.74. The molecule has 0 bridgehead atoms. The number of benzene rings is 1. The van der Waals surface area contributed by atoms with Crippen LogP contribution in [0.3, 0.4) is 0 Å². The van der Waals surface area contributed by atoms with Crippen molar-refractivity contribution in [3.8, 4) is 11.1 Å². The van der Waals surface area contributed by atoms with E-state index < -0.39 is 0 Å². The standard InChI is InChI=1S/C13H8ClIN2/c14-10-3-1-8(2-4-10)9-5-11-12(15)7-17-13(11)16-6-9/h1-7H,(H,16,17). The van der Waals surface area contributed by atoms with Crippen molar-refractivity contribution in [2.45, 2.75) is 0 Å². The van der Waals surface area contributed by atoms with Gasteiger partial charge in [0.1, 0.15) is 5.65 Å². The molecule has 17 heavy (non-hydrogen) atoms. The van der Waals surface area contributed by atoms with Crippen LogP contribution in [-0.4, -0.2) is 9.97 Å². The maximum Gasteiger partial charge on any atom is 0.138 e. The number of pyridine rings is 1. The van der Waals surface area contributed by atoms with Crippen LogP contribution < -0.4 is 0 Å². The average molecular weight is 355 g/mol. The van der Waals surface area contributed by atoms with Crippen LogP contribution in [0.15, 0.2) is 42.7 Å². The largest absolute Gasteiger partial charge is 0.345 e. The van der Waals surface area contributed by atoms with Crippen LogP contribution in [0.1, 0.15) is 0 Å². The number of aromatic nitrogens is 2. The van der Waals surface area contributed by atoms with Crippen molar-refractivity contribution in [3.63, 3.8) is 0 Å².